The van der Waals surface area contributed by atoms with Crippen LogP contribution in [-0.2, 0) is 9.59 Å². The van der Waals surface area contributed by atoms with Gasteiger partial charge in [0.1, 0.15) is 5.82 Å². The average Bonchev–Trinajstić information content (AvgIpc) is 2.44. The zero-order valence-electron chi connectivity index (χ0n) is 12.8. The first-order chi connectivity index (χ1) is 10.9. The molecular weight excluding hydrogens is 303 g/mol. The van der Waals surface area contributed by atoms with Gasteiger partial charge in [0.15, 0.2) is 0 Å². The fourth-order valence-corrected chi connectivity index (χ4v) is 2.44. The van der Waals surface area contributed by atoms with Crippen LogP contribution in [0.15, 0.2) is 18.2 Å². The second-order valence-electron chi connectivity index (χ2n) is 5.64. The summed E-state index contributed by atoms with van der Waals surface area (Å²) in [4.78, 5) is 34.5. The molecule has 3 N–H and O–H groups in total. The summed E-state index contributed by atoms with van der Waals surface area (Å²) in [6.07, 6.45) is 1.08. The van der Waals surface area contributed by atoms with Crippen LogP contribution in [0.3, 0.4) is 0 Å². The molecule has 2 amide bonds. The summed E-state index contributed by atoms with van der Waals surface area (Å²) in [7, 11) is 0. The Morgan fingerprint density at radius 3 is 2.39 bits per heavy atom. The lowest BCUT2D eigenvalue weighted by Crippen LogP contribution is -2.45. The highest BCUT2D eigenvalue weighted by Gasteiger charge is 2.41. The Kier molecular flexibility index (Phi) is 5.31. The van der Waals surface area contributed by atoms with Crippen LogP contribution in [0.5, 0.6) is 0 Å². The molecule has 1 aromatic rings. The molecule has 1 aromatic carbocycles. The maximum atomic E-state index is 13.4. The minimum absolute atomic E-state index is 0.185. The number of carboxylic acids is 1. The molecule has 1 aliphatic rings. The molecule has 0 spiro atoms. The molecule has 1 saturated carbocycles. The lowest BCUT2D eigenvalue weighted by Gasteiger charge is -2.31. The van der Waals surface area contributed by atoms with E-state index >= 15 is 0 Å². The van der Waals surface area contributed by atoms with Crippen LogP contribution in [0.25, 0.3) is 0 Å². The second-order valence-corrected chi connectivity index (χ2v) is 5.64. The fraction of sp³-hybridized carbons (Fsp3) is 0.438. The van der Waals surface area contributed by atoms with Crippen molar-refractivity contribution < 1.29 is 23.9 Å². The molecule has 2 unspecified atom stereocenters. The third-order valence-electron chi connectivity index (χ3n) is 4.07. The Bertz CT molecular complexity index is 633. The first kappa shape index (κ1) is 16.9. The van der Waals surface area contributed by atoms with Gasteiger partial charge in [0.25, 0.3) is 5.91 Å². The molecule has 0 heterocycles. The van der Waals surface area contributed by atoms with Crippen LogP contribution < -0.4 is 10.6 Å². The predicted molar refractivity (Wildman–Crippen MR) is 80.3 cm³/mol. The number of hydrogen-bond donors (Lipinski definition) is 3. The quantitative estimate of drug-likeness (QED) is 0.683. The van der Waals surface area contributed by atoms with Crippen molar-refractivity contribution in [3.8, 4) is 0 Å². The maximum Gasteiger partial charge on any atom is 0.307 e. The van der Waals surface area contributed by atoms with Gasteiger partial charge < -0.3 is 15.7 Å². The predicted octanol–water partition coefficient (Wildman–Crippen LogP) is 1.09. The molecular formula is C16H19FN2O4. The summed E-state index contributed by atoms with van der Waals surface area (Å²) in [5.74, 6) is -3.24. The highest BCUT2D eigenvalue weighted by molar-refractivity contribution is 5.94. The maximum absolute atomic E-state index is 13.4. The SMILES string of the molecule is Cc1ccc(C(=O)NCCNC(=O)C2CCC2C(=O)O)cc1F. The number of carbonyl (C=O) groups excluding carboxylic acids is 2. The average molecular weight is 322 g/mol. The van der Waals surface area contributed by atoms with Gasteiger partial charge in [0, 0.05) is 18.7 Å². The van der Waals surface area contributed by atoms with Crippen molar-refractivity contribution in [2.24, 2.45) is 11.8 Å². The number of amides is 2. The molecule has 1 aliphatic carbocycles. The summed E-state index contributed by atoms with van der Waals surface area (Å²) in [6.45, 7) is 1.99. The zero-order chi connectivity index (χ0) is 17.0. The molecule has 23 heavy (non-hydrogen) atoms. The van der Waals surface area contributed by atoms with Crippen molar-refractivity contribution in [3.05, 3.63) is 35.1 Å². The van der Waals surface area contributed by atoms with Crippen LogP contribution in [-0.4, -0.2) is 36.0 Å². The largest absolute Gasteiger partial charge is 0.481 e. The third-order valence-corrected chi connectivity index (χ3v) is 4.07. The van der Waals surface area contributed by atoms with E-state index in [-0.39, 0.29) is 24.6 Å². The normalized spacial score (nSPS) is 19.6. The van der Waals surface area contributed by atoms with Crippen molar-refractivity contribution in [1.82, 2.24) is 10.6 Å². The molecule has 0 aromatic heterocycles. The van der Waals surface area contributed by atoms with Crippen LogP contribution in [0.4, 0.5) is 4.39 Å². The van der Waals surface area contributed by atoms with Crippen molar-refractivity contribution in [3.63, 3.8) is 0 Å². The molecule has 7 heteroatoms. The van der Waals surface area contributed by atoms with Gasteiger partial charge in [-0.25, -0.2) is 4.39 Å². The van der Waals surface area contributed by atoms with Gasteiger partial charge in [0.2, 0.25) is 5.91 Å². The van der Waals surface area contributed by atoms with E-state index in [1.54, 1.807) is 6.92 Å². The molecule has 1 fully saturated rings. The standard InChI is InChI=1S/C16H19FN2O4/c1-9-2-3-10(8-13(9)17)14(20)18-6-7-19-15(21)11-4-5-12(11)16(22)23/h2-3,8,11-12H,4-7H2,1H3,(H,18,20)(H,19,21)(H,22,23). The third kappa shape index (κ3) is 4.06. The minimum Gasteiger partial charge on any atom is -0.481 e. The Labute approximate surface area is 133 Å². The summed E-state index contributed by atoms with van der Waals surface area (Å²) in [5, 5.41) is 14.1. The van der Waals surface area contributed by atoms with Gasteiger partial charge >= 0.3 is 5.97 Å². The lowest BCUT2D eigenvalue weighted by molar-refractivity contribution is -0.152. The van der Waals surface area contributed by atoms with Crippen LogP contribution in [0.1, 0.15) is 28.8 Å². The van der Waals surface area contributed by atoms with Gasteiger partial charge in [-0.3, -0.25) is 14.4 Å². The first-order valence-electron chi connectivity index (χ1n) is 7.45. The highest BCUT2D eigenvalue weighted by Crippen LogP contribution is 2.34. The van der Waals surface area contributed by atoms with Crippen LogP contribution in [0, 0.1) is 24.6 Å². The molecule has 6 nitrogen and oxygen atoms in total. The molecule has 0 aliphatic heterocycles. The molecule has 0 bridgehead atoms. The van der Waals surface area contributed by atoms with E-state index in [4.69, 9.17) is 5.11 Å². The molecule has 2 rings (SSSR count). The van der Waals surface area contributed by atoms with Gasteiger partial charge in [0.05, 0.1) is 11.8 Å². The topological polar surface area (TPSA) is 95.5 Å². The van der Waals surface area contributed by atoms with Crippen LogP contribution >= 0.6 is 0 Å². The minimum atomic E-state index is -0.953. The monoisotopic (exact) mass is 322 g/mol. The van der Waals surface area contributed by atoms with E-state index in [0.29, 0.717) is 18.4 Å². The number of hydrogen-bond acceptors (Lipinski definition) is 3. The summed E-state index contributed by atoms with van der Waals surface area (Å²) >= 11 is 0. The summed E-state index contributed by atoms with van der Waals surface area (Å²) < 4.78 is 13.4. The number of carboxylic acid groups (broad SMARTS) is 1. The number of benzene rings is 1. The van der Waals surface area contributed by atoms with Crippen molar-refractivity contribution >= 4 is 17.8 Å². The lowest BCUT2D eigenvalue weighted by atomic mass is 9.73. The van der Waals surface area contributed by atoms with Crippen molar-refractivity contribution in [2.75, 3.05) is 13.1 Å². The smallest absolute Gasteiger partial charge is 0.307 e. The number of halogens is 1. The fourth-order valence-electron chi connectivity index (χ4n) is 2.44. The van der Waals surface area contributed by atoms with Gasteiger partial charge in [-0.15, -0.1) is 0 Å². The Balaban J connectivity index is 1.72. The highest BCUT2D eigenvalue weighted by atomic mass is 19.1. The van der Waals surface area contributed by atoms with Gasteiger partial charge in [-0.1, -0.05) is 6.07 Å². The van der Waals surface area contributed by atoms with E-state index in [1.165, 1.54) is 12.1 Å². The van der Waals surface area contributed by atoms with Crippen LogP contribution in [0.2, 0.25) is 0 Å². The Hall–Kier alpha value is -2.44. The van der Waals surface area contributed by atoms with Gasteiger partial charge in [-0.2, -0.15) is 0 Å². The van der Waals surface area contributed by atoms with E-state index in [0.717, 1.165) is 6.07 Å². The number of aliphatic carboxylic acids is 1. The number of carbonyl (C=O) groups is 3. The Morgan fingerprint density at radius 1 is 1.17 bits per heavy atom. The first-order valence-corrected chi connectivity index (χ1v) is 7.45. The number of nitrogens with one attached hydrogen (secondary N) is 2. The molecule has 124 valence electrons. The van der Waals surface area contributed by atoms with E-state index < -0.39 is 29.5 Å². The van der Waals surface area contributed by atoms with Gasteiger partial charge in [-0.05, 0) is 37.5 Å². The molecule has 0 radical (unpaired) electrons. The second kappa shape index (κ2) is 7.21. The number of aryl methyl sites for hydroxylation is 1. The summed E-state index contributed by atoms with van der Waals surface area (Å²) in [5.41, 5.74) is 0.673. The molecule has 0 saturated heterocycles. The summed E-state index contributed by atoms with van der Waals surface area (Å²) in [6, 6.07) is 4.21. The van der Waals surface area contributed by atoms with Crippen molar-refractivity contribution in [2.45, 2.75) is 19.8 Å². The van der Waals surface area contributed by atoms with Crippen molar-refractivity contribution in [1.29, 1.82) is 0 Å². The van der Waals surface area contributed by atoms with E-state index in [9.17, 15) is 18.8 Å². The zero-order valence-corrected chi connectivity index (χ0v) is 12.8. The Morgan fingerprint density at radius 2 is 1.83 bits per heavy atom. The van der Waals surface area contributed by atoms with E-state index in [1.807, 2.05) is 0 Å². The molecule has 2 atom stereocenters. The number of rotatable bonds is 6. The van der Waals surface area contributed by atoms with E-state index in [2.05, 4.69) is 10.6 Å².